The third-order valence-corrected chi connectivity index (χ3v) is 13.9. The molecule has 1 heterocycles. The number of unbranched alkanes of at least 4 members (excludes halogenated alkanes) is 11. The number of aromatic nitrogens is 1. The minimum absolute atomic E-state index is 0.270. The van der Waals surface area contributed by atoms with Gasteiger partial charge in [-0.05, 0) is 106 Å². The van der Waals surface area contributed by atoms with Gasteiger partial charge in [-0.15, -0.1) is 0 Å². The van der Waals surface area contributed by atoms with E-state index in [1.807, 2.05) is 27.7 Å². The molecule has 3 rings (SSSR count). The molecule has 0 radical (unpaired) electrons. The van der Waals surface area contributed by atoms with E-state index in [1.165, 1.54) is 92.5 Å². The molecule has 0 bridgehead atoms. The van der Waals surface area contributed by atoms with Crippen molar-refractivity contribution in [3.8, 4) is 0 Å². The van der Waals surface area contributed by atoms with Crippen LogP contribution in [0, 0.1) is 0 Å². The van der Waals surface area contributed by atoms with Gasteiger partial charge in [0, 0.05) is 28.4 Å². The van der Waals surface area contributed by atoms with Gasteiger partial charge in [0.2, 0.25) is 0 Å². The Kier molecular flexibility index (Phi) is 20.1. The van der Waals surface area contributed by atoms with Crippen LogP contribution in [0.4, 0.5) is 0 Å². The zero-order valence-electron chi connectivity index (χ0n) is 33.4. The Hall–Kier alpha value is -1.46. The molecule has 0 N–H and O–H groups in total. The van der Waals surface area contributed by atoms with E-state index < -0.39 is 15.2 Å². The van der Waals surface area contributed by atoms with Crippen LogP contribution in [0.15, 0.2) is 24.3 Å². The van der Waals surface area contributed by atoms with Gasteiger partial charge in [0.05, 0.1) is 38.8 Å². The third-order valence-electron chi connectivity index (χ3n) is 9.87. The van der Waals surface area contributed by atoms with E-state index in [2.05, 4.69) is 49.6 Å². The molecule has 9 heteroatoms. The molecule has 0 saturated carbocycles. The lowest BCUT2D eigenvalue weighted by Crippen LogP contribution is -2.04. The molecule has 0 aliphatic rings. The van der Waals surface area contributed by atoms with E-state index in [1.54, 1.807) is 0 Å². The lowest BCUT2D eigenvalue weighted by atomic mass is 9.96. The van der Waals surface area contributed by atoms with Crippen molar-refractivity contribution >= 4 is 37.0 Å². The van der Waals surface area contributed by atoms with Crippen LogP contribution >= 0.6 is 15.2 Å². The summed E-state index contributed by atoms with van der Waals surface area (Å²) in [6, 6.07) is 9.34. The Morgan fingerprint density at radius 3 is 1.18 bits per heavy atom. The van der Waals surface area contributed by atoms with Gasteiger partial charge < -0.3 is 22.7 Å². The van der Waals surface area contributed by atoms with Crippen molar-refractivity contribution in [2.45, 2.75) is 170 Å². The van der Waals surface area contributed by atoms with Crippen LogP contribution in [0.25, 0.3) is 21.8 Å². The molecule has 2 aromatic carbocycles. The zero-order valence-corrected chi connectivity index (χ0v) is 35.2. The summed E-state index contributed by atoms with van der Waals surface area (Å²) in [6.07, 6.45) is 19.0. The largest absolute Gasteiger partial charge is 0.340 e. The smallest absolute Gasteiger partial charge is 0.335 e. The molecular formula is C42H71NO6P2. The second-order valence-corrected chi connectivity index (χ2v) is 18.1. The maximum Gasteiger partial charge on any atom is 0.335 e. The molecule has 0 aliphatic heterocycles. The number of hydrogen-bond donors (Lipinski definition) is 0. The van der Waals surface area contributed by atoms with Gasteiger partial charge in [-0.1, -0.05) is 91.4 Å². The van der Waals surface area contributed by atoms with Crippen LogP contribution in [-0.2, 0) is 58.9 Å². The first-order valence-corrected chi connectivity index (χ1v) is 24.0. The van der Waals surface area contributed by atoms with Crippen molar-refractivity contribution in [2.75, 3.05) is 26.4 Å². The molecule has 7 nitrogen and oxygen atoms in total. The SMILES string of the molecule is CCCCCCCCn1c2cc(CP(=O)(OCC)OCC)c(CCCCCC)cc2c2cc(CCCCCC)c(CP(=O)(OCC)OCC)cc21. The van der Waals surface area contributed by atoms with Crippen molar-refractivity contribution in [2.24, 2.45) is 0 Å². The molecule has 0 atom stereocenters. The number of hydrogen-bond acceptors (Lipinski definition) is 6. The summed E-state index contributed by atoms with van der Waals surface area (Å²) in [4.78, 5) is 0. The van der Waals surface area contributed by atoms with Crippen molar-refractivity contribution in [3.63, 3.8) is 0 Å². The van der Waals surface area contributed by atoms with Gasteiger partial charge in [-0.2, -0.15) is 0 Å². The number of nitrogens with zero attached hydrogens (tertiary/aromatic N) is 1. The highest BCUT2D eigenvalue weighted by Crippen LogP contribution is 2.54. The van der Waals surface area contributed by atoms with Gasteiger partial charge in [0.15, 0.2) is 0 Å². The van der Waals surface area contributed by atoms with Crippen molar-refractivity contribution in [1.29, 1.82) is 0 Å². The van der Waals surface area contributed by atoms with Crippen LogP contribution in [0.5, 0.6) is 0 Å². The molecule has 0 aliphatic carbocycles. The van der Waals surface area contributed by atoms with Crippen molar-refractivity contribution in [1.82, 2.24) is 4.57 Å². The predicted molar refractivity (Wildman–Crippen MR) is 218 cm³/mol. The Balaban J connectivity index is 2.29. The molecule has 290 valence electrons. The van der Waals surface area contributed by atoms with E-state index in [0.717, 1.165) is 60.8 Å². The van der Waals surface area contributed by atoms with Gasteiger partial charge >= 0.3 is 15.2 Å². The minimum Gasteiger partial charge on any atom is -0.340 e. The highest BCUT2D eigenvalue weighted by atomic mass is 31.2. The summed E-state index contributed by atoms with van der Waals surface area (Å²) < 4.78 is 53.8. The lowest BCUT2D eigenvalue weighted by molar-refractivity contribution is 0.218. The Morgan fingerprint density at radius 2 is 0.804 bits per heavy atom. The van der Waals surface area contributed by atoms with Crippen LogP contribution < -0.4 is 0 Å². The molecule has 0 fully saturated rings. The normalized spacial score (nSPS) is 12.5. The summed E-state index contributed by atoms with van der Waals surface area (Å²) >= 11 is 0. The van der Waals surface area contributed by atoms with Crippen LogP contribution in [0.2, 0.25) is 0 Å². The molecule has 51 heavy (non-hydrogen) atoms. The maximum absolute atomic E-state index is 14.0. The molecule has 0 unspecified atom stereocenters. The van der Waals surface area contributed by atoms with Gasteiger partial charge in [0.25, 0.3) is 0 Å². The quantitative estimate of drug-likeness (QED) is 0.0520. The van der Waals surface area contributed by atoms with E-state index >= 15 is 0 Å². The predicted octanol–water partition coefficient (Wildman–Crippen LogP) is 13.9. The highest BCUT2D eigenvalue weighted by Gasteiger charge is 2.29. The fourth-order valence-corrected chi connectivity index (χ4v) is 10.9. The fourth-order valence-electron chi connectivity index (χ4n) is 7.36. The van der Waals surface area contributed by atoms with E-state index in [4.69, 9.17) is 18.1 Å². The van der Waals surface area contributed by atoms with E-state index in [9.17, 15) is 9.13 Å². The Bertz CT molecular complexity index is 1420. The first-order chi connectivity index (χ1) is 24.7. The minimum atomic E-state index is -3.32. The maximum atomic E-state index is 14.0. The third kappa shape index (κ3) is 13.4. The number of aryl methyl sites for hydroxylation is 3. The molecule has 0 spiro atoms. The van der Waals surface area contributed by atoms with Crippen LogP contribution in [0.1, 0.15) is 161 Å². The summed E-state index contributed by atoms with van der Waals surface area (Å²) in [5, 5.41) is 2.49. The fraction of sp³-hybridized carbons (Fsp3) is 0.714. The molecule has 3 aromatic rings. The standard InChI is InChI=1S/C42H71NO6P2/c1-8-15-18-21-22-25-28-43-41-31-37(33-50(44,46-11-4)47-12-5)35(26-23-19-16-9-2)29-39(41)40-30-36(27-24-20-17-10-3)38(32-42(40)43)34-51(45,48-13-6)49-14-7/h29-32H,8-28,33-34H2,1-7H3. The average Bonchev–Trinajstić information content (AvgIpc) is 3.37. The summed E-state index contributed by atoms with van der Waals surface area (Å²) in [5.41, 5.74) is 6.93. The monoisotopic (exact) mass is 747 g/mol. The first-order valence-electron chi connectivity index (χ1n) is 20.6. The van der Waals surface area contributed by atoms with Gasteiger partial charge in [-0.25, -0.2) is 0 Å². The van der Waals surface area contributed by atoms with E-state index in [0.29, 0.717) is 26.4 Å². The molecule has 0 saturated heterocycles. The van der Waals surface area contributed by atoms with Crippen molar-refractivity contribution in [3.05, 3.63) is 46.5 Å². The van der Waals surface area contributed by atoms with E-state index in [-0.39, 0.29) is 12.3 Å². The molecule has 1 aromatic heterocycles. The first kappa shape index (κ1) is 43.9. The summed E-state index contributed by atoms with van der Waals surface area (Å²) in [6.45, 7) is 16.5. The number of benzene rings is 2. The summed E-state index contributed by atoms with van der Waals surface area (Å²) in [7, 11) is -6.63. The number of fused-ring (bicyclic) bond motifs is 3. The number of rotatable bonds is 29. The zero-order chi connectivity index (χ0) is 37.1. The second-order valence-electron chi connectivity index (χ2n) is 14.0. The molecule has 0 amide bonds. The average molecular weight is 748 g/mol. The second kappa shape index (κ2) is 23.4. The van der Waals surface area contributed by atoms with Crippen molar-refractivity contribution < 1.29 is 27.2 Å². The molecular weight excluding hydrogens is 676 g/mol. The summed E-state index contributed by atoms with van der Waals surface area (Å²) in [5.74, 6) is 0. The Labute approximate surface area is 311 Å². The topological polar surface area (TPSA) is 76.0 Å². The van der Waals surface area contributed by atoms with Gasteiger partial charge in [-0.3, -0.25) is 9.13 Å². The highest BCUT2D eigenvalue weighted by molar-refractivity contribution is 7.53. The van der Waals surface area contributed by atoms with Crippen LogP contribution in [-0.4, -0.2) is 31.0 Å². The van der Waals surface area contributed by atoms with Crippen LogP contribution in [0.3, 0.4) is 0 Å². The van der Waals surface area contributed by atoms with Gasteiger partial charge in [0.1, 0.15) is 0 Å². The lowest BCUT2D eigenvalue weighted by Gasteiger charge is -2.20. The Morgan fingerprint density at radius 1 is 0.451 bits per heavy atom.